The van der Waals surface area contributed by atoms with Crippen LogP contribution < -0.4 is 16.4 Å². The van der Waals surface area contributed by atoms with Gasteiger partial charge in [-0.05, 0) is 67.6 Å². The lowest BCUT2D eigenvalue weighted by Crippen LogP contribution is -2.42. The minimum atomic E-state index is -0.634. The van der Waals surface area contributed by atoms with Gasteiger partial charge in [-0.2, -0.15) is 0 Å². The molecule has 3 aromatic carbocycles. The van der Waals surface area contributed by atoms with E-state index < -0.39 is 6.29 Å². The number of nitrogens with one attached hydrogen (secondary N) is 2. The number of benzene rings is 3. The average molecular weight is 631 g/mol. The van der Waals surface area contributed by atoms with E-state index in [2.05, 4.69) is 15.5 Å². The van der Waals surface area contributed by atoms with E-state index in [4.69, 9.17) is 15.2 Å². The fourth-order valence-electron chi connectivity index (χ4n) is 6.19. The van der Waals surface area contributed by atoms with Gasteiger partial charge in [0.1, 0.15) is 0 Å². The molecule has 0 saturated carbocycles. The zero-order chi connectivity index (χ0) is 32.3. The van der Waals surface area contributed by atoms with Crippen molar-refractivity contribution < 1.29 is 29.3 Å². The Morgan fingerprint density at radius 2 is 1.63 bits per heavy atom. The molecule has 5 rings (SSSR count). The minimum absolute atomic E-state index is 0.0158. The summed E-state index contributed by atoms with van der Waals surface area (Å²) in [4.78, 5) is 27.3. The van der Waals surface area contributed by atoms with Crippen LogP contribution in [0.15, 0.2) is 72.8 Å². The number of nitrogens with zero attached hydrogens (tertiary/aromatic N) is 1. The van der Waals surface area contributed by atoms with Crippen molar-refractivity contribution in [3.63, 3.8) is 0 Å². The molecule has 4 atom stereocenters. The van der Waals surface area contributed by atoms with E-state index in [1.165, 1.54) is 0 Å². The summed E-state index contributed by atoms with van der Waals surface area (Å²) in [7, 11) is 0. The molecule has 0 radical (unpaired) electrons. The molecule has 2 amide bonds. The van der Waals surface area contributed by atoms with Gasteiger partial charge in [0, 0.05) is 43.1 Å². The maximum atomic E-state index is 12.8. The first-order chi connectivity index (χ1) is 22.4. The van der Waals surface area contributed by atoms with Crippen molar-refractivity contribution in [2.75, 3.05) is 36.1 Å². The van der Waals surface area contributed by atoms with Crippen LogP contribution in [0.2, 0.25) is 0 Å². The highest BCUT2D eigenvalue weighted by molar-refractivity contribution is 5.93. The van der Waals surface area contributed by atoms with E-state index in [-0.39, 0.29) is 43.3 Å². The van der Waals surface area contributed by atoms with Crippen molar-refractivity contribution in [2.45, 2.75) is 82.5 Å². The van der Waals surface area contributed by atoms with Gasteiger partial charge in [-0.1, -0.05) is 55.0 Å². The summed E-state index contributed by atoms with van der Waals surface area (Å²) in [6.45, 7) is 1.76. The Kier molecular flexibility index (Phi) is 12.2. The van der Waals surface area contributed by atoms with Crippen molar-refractivity contribution >= 4 is 28.9 Å². The van der Waals surface area contributed by atoms with Gasteiger partial charge in [-0.25, -0.2) is 0 Å². The van der Waals surface area contributed by atoms with Gasteiger partial charge in [0.25, 0.3) is 0 Å². The number of hydrogen-bond acceptors (Lipinski definition) is 8. The number of aliphatic hydroxyl groups is 2. The van der Waals surface area contributed by atoms with E-state index in [9.17, 15) is 19.8 Å². The maximum absolute atomic E-state index is 12.8. The van der Waals surface area contributed by atoms with Crippen molar-refractivity contribution in [1.82, 2.24) is 4.90 Å². The first-order valence-corrected chi connectivity index (χ1v) is 16.3. The summed E-state index contributed by atoms with van der Waals surface area (Å²) in [5.41, 5.74) is 10.4. The van der Waals surface area contributed by atoms with Gasteiger partial charge < -0.3 is 36.1 Å². The van der Waals surface area contributed by atoms with Crippen LogP contribution in [0.5, 0.6) is 0 Å². The average Bonchev–Trinajstić information content (AvgIpc) is 3.52. The number of rotatable bonds is 14. The van der Waals surface area contributed by atoms with Crippen molar-refractivity contribution in [3.05, 3.63) is 89.5 Å². The topological polar surface area (TPSA) is 146 Å². The molecule has 2 aliphatic heterocycles. The predicted molar refractivity (Wildman–Crippen MR) is 178 cm³/mol. The van der Waals surface area contributed by atoms with Gasteiger partial charge in [0.2, 0.25) is 11.8 Å². The van der Waals surface area contributed by atoms with E-state index in [0.29, 0.717) is 55.7 Å². The molecule has 0 aromatic heterocycles. The quantitative estimate of drug-likeness (QED) is 0.119. The van der Waals surface area contributed by atoms with Crippen LogP contribution in [0.25, 0.3) is 0 Å². The Bertz CT molecular complexity index is 1430. The molecular weight excluding hydrogens is 584 g/mol. The predicted octanol–water partition coefficient (Wildman–Crippen LogP) is 5.29. The molecule has 46 heavy (non-hydrogen) atoms. The summed E-state index contributed by atoms with van der Waals surface area (Å²) in [5, 5.41) is 25.2. The van der Waals surface area contributed by atoms with Crippen molar-refractivity contribution in [1.29, 1.82) is 0 Å². The van der Waals surface area contributed by atoms with Crippen LogP contribution >= 0.6 is 0 Å². The van der Waals surface area contributed by atoms with Crippen LogP contribution in [-0.2, 0) is 25.7 Å². The number of carbonyl (C=O) groups is 2. The van der Waals surface area contributed by atoms with E-state index in [0.717, 1.165) is 42.5 Å². The Labute approximate surface area is 270 Å². The number of nitrogens with two attached hydrogens (primary N) is 1. The first-order valence-electron chi connectivity index (χ1n) is 16.3. The van der Waals surface area contributed by atoms with Gasteiger partial charge in [0.15, 0.2) is 6.29 Å². The second-order valence-corrected chi connectivity index (χ2v) is 12.2. The Morgan fingerprint density at radius 3 is 2.37 bits per heavy atom. The molecule has 2 aliphatic rings. The molecule has 0 aliphatic carbocycles. The third-order valence-corrected chi connectivity index (χ3v) is 8.75. The van der Waals surface area contributed by atoms with Crippen LogP contribution in [0, 0.1) is 0 Å². The smallest absolute Gasteiger partial charge is 0.224 e. The molecule has 0 unspecified atom stereocenters. The van der Waals surface area contributed by atoms with Crippen LogP contribution in [0.3, 0.4) is 0 Å². The Morgan fingerprint density at radius 1 is 0.870 bits per heavy atom. The Balaban J connectivity index is 1.14. The Hall–Kier alpha value is -3.80. The number of unbranched alkanes of at least 4 members (excludes halogenated alkanes) is 2. The second kappa shape index (κ2) is 16.7. The fraction of sp³-hybridized carbons (Fsp3) is 0.444. The molecule has 0 bridgehead atoms. The third-order valence-electron chi connectivity index (χ3n) is 8.75. The number of aliphatic hydroxyl groups excluding tert-OH is 2. The van der Waals surface area contributed by atoms with Crippen LogP contribution in [0.4, 0.5) is 17.1 Å². The number of likely N-dealkylation sites (tertiary alicyclic amines) is 1. The molecule has 0 spiro atoms. The molecule has 2 fully saturated rings. The maximum Gasteiger partial charge on any atom is 0.224 e. The van der Waals surface area contributed by atoms with Crippen molar-refractivity contribution in [2.24, 2.45) is 0 Å². The number of para-hydroxylation sites is 2. The lowest BCUT2D eigenvalue weighted by molar-refractivity contribution is -0.253. The highest BCUT2D eigenvalue weighted by atomic mass is 16.7. The molecule has 10 nitrogen and oxygen atoms in total. The van der Waals surface area contributed by atoms with Gasteiger partial charge in [0.05, 0.1) is 36.8 Å². The highest BCUT2D eigenvalue weighted by Gasteiger charge is 2.35. The molecule has 2 saturated heterocycles. The summed E-state index contributed by atoms with van der Waals surface area (Å²) < 4.78 is 13.0. The zero-order valence-electron chi connectivity index (χ0n) is 26.3. The van der Waals surface area contributed by atoms with Crippen molar-refractivity contribution in [3.8, 4) is 0 Å². The third kappa shape index (κ3) is 9.37. The number of carbonyl (C=O) groups excluding carboxylic acids is 2. The second-order valence-electron chi connectivity index (χ2n) is 12.2. The molecule has 6 N–H and O–H groups in total. The largest absolute Gasteiger partial charge is 0.397 e. The van der Waals surface area contributed by atoms with E-state index in [1.807, 2.05) is 60.7 Å². The lowest BCUT2D eigenvalue weighted by Gasteiger charge is -2.38. The lowest BCUT2D eigenvalue weighted by atomic mass is 9.99. The zero-order valence-corrected chi connectivity index (χ0v) is 26.3. The monoisotopic (exact) mass is 630 g/mol. The first kappa shape index (κ1) is 33.6. The van der Waals surface area contributed by atoms with E-state index >= 15 is 0 Å². The van der Waals surface area contributed by atoms with Gasteiger partial charge in [-0.3, -0.25) is 14.5 Å². The van der Waals surface area contributed by atoms with Gasteiger partial charge >= 0.3 is 0 Å². The summed E-state index contributed by atoms with van der Waals surface area (Å²) in [5.74, 6) is -0.181. The molecule has 2 heterocycles. The molecular formula is C36H46N4O6. The summed E-state index contributed by atoms with van der Waals surface area (Å²) in [6.07, 6.45) is 4.58. The number of nitrogen functional groups attached to an aromatic ring is 1. The number of anilines is 3. The van der Waals surface area contributed by atoms with E-state index in [1.54, 1.807) is 12.1 Å². The van der Waals surface area contributed by atoms with Crippen LogP contribution in [0.1, 0.15) is 80.5 Å². The SMILES string of the molecule is Nc1ccccc1NC(=O)CCCCCC(=O)Nc1cccc([C@@H]2O[C@H](CN3CCC[C@H]3CO)C[C@H](c3ccc(CO)cc3)O2)c1. The molecule has 246 valence electrons. The van der Waals surface area contributed by atoms with Crippen LogP contribution in [-0.4, -0.2) is 58.8 Å². The normalized spacial score (nSPS) is 21.6. The molecule has 10 heteroatoms. The highest BCUT2D eigenvalue weighted by Crippen LogP contribution is 2.39. The summed E-state index contributed by atoms with van der Waals surface area (Å²) in [6, 6.07) is 22.7. The van der Waals surface area contributed by atoms with Gasteiger partial charge in [-0.15, -0.1) is 0 Å². The number of amides is 2. The number of hydrogen-bond donors (Lipinski definition) is 5. The molecule has 3 aromatic rings. The standard InChI is InChI=1S/C36H46N4O6/c37-31-11-4-5-12-32(31)39-35(44)14-3-1-2-13-34(43)38-28-9-6-8-27(20-28)36-45-30(22-40-19-7-10-29(40)24-42)21-33(46-36)26-17-15-25(23-41)16-18-26/h4-6,8-9,11-12,15-18,20,29-30,33,36,41-42H,1-3,7,10,13-14,19,21-24,37H2,(H,38,43)(H,39,44)/t29-,30-,33+,36+/m0/s1. The minimum Gasteiger partial charge on any atom is -0.397 e. The number of ether oxygens (including phenoxy) is 2. The summed E-state index contributed by atoms with van der Waals surface area (Å²) >= 11 is 0. The fourth-order valence-corrected chi connectivity index (χ4v) is 6.19.